The van der Waals surface area contributed by atoms with E-state index in [0.717, 1.165) is 6.07 Å². The van der Waals surface area contributed by atoms with Crippen LogP contribution in [0.3, 0.4) is 0 Å². The molecule has 0 unspecified atom stereocenters. The summed E-state index contributed by atoms with van der Waals surface area (Å²) in [4.78, 5) is 11.1. The Kier molecular flexibility index (Phi) is 4.60. The molecular formula is C11H13F3N2O3. The highest BCUT2D eigenvalue weighted by Gasteiger charge is 2.32. The largest absolute Gasteiger partial charge is 0.573 e. The summed E-state index contributed by atoms with van der Waals surface area (Å²) in [6, 6.07) is 2.83. The number of carbonyl (C=O) groups excluding carboxylic acids is 1. The zero-order valence-corrected chi connectivity index (χ0v) is 10.0. The van der Waals surface area contributed by atoms with Gasteiger partial charge in [0.1, 0.15) is 6.04 Å². The Morgan fingerprint density at radius 1 is 1.42 bits per heavy atom. The first-order valence-electron chi connectivity index (χ1n) is 5.20. The second kappa shape index (κ2) is 5.79. The summed E-state index contributed by atoms with van der Waals surface area (Å²) in [5.74, 6) is -1.18. The number of alkyl halides is 3. The molecule has 5 nitrogen and oxygen atoms in total. The lowest BCUT2D eigenvalue weighted by Gasteiger charge is -2.14. The molecule has 1 aromatic carbocycles. The monoisotopic (exact) mass is 278 g/mol. The molecule has 8 heteroatoms. The van der Waals surface area contributed by atoms with E-state index in [1.165, 1.54) is 19.2 Å². The Labute approximate surface area is 107 Å². The highest BCUT2D eigenvalue weighted by atomic mass is 19.4. The van der Waals surface area contributed by atoms with Crippen LogP contribution in [0, 0.1) is 0 Å². The van der Waals surface area contributed by atoms with E-state index in [1.807, 2.05) is 0 Å². The minimum absolute atomic E-state index is 0.0151. The van der Waals surface area contributed by atoms with Crippen LogP contribution < -0.4 is 16.2 Å². The molecule has 0 aromatic heterocycles. The number of benzene rings is 1. The van der Waals surface area contributed by atoms with Crippen LogP contribution in [0.5, 0.6) is 5.75 Å². The van der Waals surface area contributed by atoms with Crippen molar-refractivity contribution in [2.24, 2.45) is 5.73 Å². The second-order valence-corrected chi connectivity index (χ2v) is 3.75. The number of methoxy groups -OCH3 is 1. The maximum Gasteiger partial charge on any atom is 0.573 e. The lowest BCUT2D eigenvalue weighted by Crippen LogP contribution is -2.33. The standard InChI is InChI=1S/C11H13F3N2O3/c1-18-10(17)8(16)4-6-2-3-7(15)9(5-6)19-11(12,13)14/h2-3,5,8H,4,15-16H2,1H3/t8-/m0/s1. The van der Waals surface area contributed by atoms with E-state index in [4.69, 9.17) is 11.5 Å². The number of halogens is 3. The topological polar surface area (TPSA) is 87.6 Å². The van der Waals surface area contributed by atoms with Gasteiger partial charge in [0.05, 0.1) is 12.8 Å². The smallest absolute Gasteiger partial charge is 0.468 e. The predicted molar refractivity (Wildman–Crippen MR) is 61.2 cm³/mol. The molecule has 0 aliphatic heterocycles. The molecule has 0 radical (unpaired) electrons. The summed E-state index contributed by atoms with van der Waals surface area (Å²) >= 11 is 0. The fourth-order valence-corrected chi connectivity index (χ4v) is 1.41. The van der Waals surface area contributed by atoms with Crippen molar-refractivity contribution in [2.45, 2.75) is 18.8 Å². The van der Waals surface area contributed by atoms with Gasteiger partial charge in [0, 0.05) is 0 Å². The molecule has 0 aliphatic carbocycles. The molecule has 1 rings (SSSR count). The molecule has 19 heavy (non-hydrogen) atoms. The molecule has 4 N–H and O–H groups in total. The van der Waals surface area contributed by atoms with Crippen LogP contribution in [0.1, 0.15) is 5.56 Å². The van der Waals surface area contributed by atoms with Crippen molar-refractivity contribution in [3.8, 4) is 5.75 Å². The highest BCUT2D eigenvalue weighted by Crippen LogP contribution is 2.29. The van der Waals surface area contributed by atoms with E-state index < -0.39 is 24.1 Å². The number of hydrogen-bond donors (Lipinski definition) is 2. The van der Waals surface area contributed by atoms with Crippen LogP contribution in [-0.4, -0.2) is 25.5 Å². The molecule has 1 atom stereocenters. The van der Waals surface area contributed by atoms with Crippen molar-refractivity contribution < 1.29 is 27.4 Å². The molecule has 0 saturated heterocycles. The number of carbonyl (C=O) groups is 1. The van der Waals surface area contributed by atoms with Crippen LogP contribution >= 0.6 is 0 Å². The minimum Gasteiger partial charge on any atom is -0.468 e. The normalized spacial score (nSPS) is 12.9. The fourth-order valence-electron chi connectivity index (χ4n) is 1.41. The Morgan fingerprint density at radius 3 is 2.58 bits per heavy atom. The third kappa shape index (κ3) is 4.66. The predicted octanol–water partition coefficient (Wildman–Crippen LogP) is 1.21. The lowest BCUT2D eigenvalue weighted by molar-refractivity contribution is -0.274. The maximum atomic E-state index is 12.1. The van der Waals surface area contributed by atoms with E-state index in [-0.39, 0.29) is 12.1 Å². The number of nitrogens with two attached hydrogens (primary N) is 2. The summed E-state index contributed by atoms with van der Waals surface area (Å²) in [5.41, 5.74) is 11.1. The third-order valence-corrected chi connectivity index (χ3v) is 2.26. The van der Waals surface area contributed by atoms with E-state index in [0.29, 0.717) is 5.56 Å². The van der Waals surface area contributed by atoms with E-state index >= 15 is 0 Å². The fraction of sp³-hybridized carbons (Fsp3) is 0.364. The zero-order chi connectivity index (χ0) is 14.6. The quantitative estimate of drug-likeness (QED) is 0.638. The number of hydrogen-bond acceptors (Lipinski definition) is 5. The van der Waals surface area contributed by atoms with Crippen LogP contribution in [0.25, 0.3) is 0 Å². The molecule has 0 fully saturated rings. The van der Waals surface area contributed by atoms with Gasteiger partial charge in [-0.25, -0.2) is 0 Å². The molecule has 0 heterocycles. The number of esters is 1. The van der Waals surface area contributed by atoms with Crippen LogP contribution in [0.4, 0.5) is 18.9 Å². The Hall–Kier alpha value is -1.96. The van der Waals surface area contributed by atoms with Gasteiger partial charge in [0.2, 0.25) is 0 Å². The Morgan fingerprint density at radius 2 is 2.05 bits per heavy atom. The van der Waals surface area contributed by atoms with Gasteiger partial charge < -0.3 is 20.9 Å². The second-order valence-electron chi connectivity index (χ2n) is 3.75. The molecule has 0 aliphatic rings. The SMILES string of the molecule is COC(=O)[C@@H](N)Cc1ccc(N)c(OC(F)(F)F)c1. The minimum atomic E-state index is -4.84. The number of ether oxygens (including phenoxy) is 2. The van der Waals surface area contributed by atoms with Crippen molar-refractivity contribution in [2.75, 3.05) is 12.8 Å². The van der Waals surface area contributed by atoms with Crippen molar-refractivity contribution in [1.29, 1.82) is 0 Å². The highest BCUT2D eigenvalue weighted by molar-refractivity contribution is 5.75. The first-order chi connectivity index (χ1) is 8.73. The van der Waals surface area contributed by atoms with Crippen molar-refractivity contribution in [3.05, 3.63) is 23.8 Å². The van der Waals surface area contributed by atoms with Gasteiger partial charge in [-0.1, -0.05) is 6.07 Å². The first kappa shape index (κ1) is 15.1. The Bertz CT molecular complexity index is 463. The molecule has 0 saturated carbocycles. The van der Waals surface area contributed by atoms with Gasteiger partial charge in [0.15, 0.2) is 5.75 Å². The lowest BCUT2D eigenvalue weighted by atomic mass is 10.1. The van der Waals surface area contributed by atoms with Gasteiger partial charge in [-0.05, 0) is 24.1 Å². The zero-order valence-electron chi connectivity index (χ0n) is 10.0. The number of anilines is 1. The van der Waals surface area contributed by atoms with E-state index in [9.17, 15) is 18.0 Å². The first-order valence-corrected chi connectivity index (χ1v) is 5.20. The summed E-state index contributed by atoms with van der Waals surface area (Å²) in [6.07, 6.45) is -4.82. The molecule has 106 valence electrons. The van der Waals surface area contributed by atoms with Crippen LogP contribution in [0.2, 0.25) is 0 Å². The third-order valence-electron chi connectivity index (χ3n) is 2.26. The van der Waals surface area contributed by atoms with Gasteiger partial charge in [-0.2, -0.15) is 0 Å². The number of rotatable bonds is 4. The van der Waals surface area contributed by atoms with Gasteiger partial charge in [-0.3, -0.25) is 4.79 Å². The molecule has 0 spiro atoms. The Balaban J connectivity index is 2.87. The van der Waals surface area contributed by atoms with Crippen LogP contribution in [-0.2, 0) is 16.0 Å². The average Bonchev–Trinajstić information content (AvgIpc) is 2.30. The molecule has 0 bridgehead atoms. The van der Waals surface area contributed by atoms with E-state index in [2.05, 4.69) is 9.47 Å². The van der Waals surface area contributed by atoms with Gasteiger partial charge >= 0.3 is 12.3 Å². The average molecular weight is 278 g/mol. The molecule has 1 aromatic rings. The van der Waals surface area contributed by atoms with Gasteiger partial charge in [-0.15, -0.1) is 13.2 Å². The van der Waals surface area contributed by atoms with Crippen LogP contribution in [0.15, 0.2) is 18.2 Å². The van der Waals surface area contributed by atoms with Crippen molar-refractivity contribution >= 4 is 11.7 Å². The van der Waals surface area contributed by atoms with Crippen molar-refractivity contribution in [1.82, 2.24) is 0 Å². The summed E-state index contributed by atoms with van der Waals surface area (Å²) < 4.78 is 44.5. The molecular weight excluding hydrogens is 265 g/mol. The maximum absolute atomic E-state index is 12.1. The van der Waals surface area contributed by atoms with Gasteiger partial charge in [0.25, 0.3) is 0 Å². The number of nitrogen functional groups attached to an aromatic ring is 1. The van der Waals surface area contributed by atoms with Crippen molar-refractivity contribution in [3.63, 3.8) is 0 Å². The summed E-state index contributed by atoms with van der Waals surface area (Å²) in [6.45, 7) is 0. The van der Waals surface area contributed by atoms with E-state index in [1.54, 1.807) is 0 Å². The summed E-state index contributed by atoms with van der Waals surface area (Å²) in [5, 5.41) is 0. The summed E-state index contributed by atoms with van der Waals surface area (Å²) in [7, 11) is 1.17. The molecule has 0 amide bonds.